The number of halogens is 3. The second-order valence-corrected chi connectivity index (χ2v) is 11.1. The zero-order valence-electron chi connectivity index (χ0n) is 21.5. The van der Waals surface area contributed by atoms with Crippen LogP contribution in [-0.4, -0.2) is 5.78 Å². The number of ketones is 1. The molecule has 0 fully saturated rings. The van der Waals surface area contributed by atoms with E-state index in [1.807, 2.05) is 55.1 Å². The van der Waals surface area contributed by atoms with Gasteiger partial charge in [0.15, 0.2) is 5.78 Å². The Morgan fingerprint density at radius 3 is 2.59 bits per heavy atom. The normalized spacial score (nSPS) is 17.3. The van der Waals surface area contributed by atoms with E-state index in [0.717, 1.165) is 44.5 Å². The largest absolute Gasteiger partial charge is 0.487 e. The Labute approximate surface area is 240 Å². The van der Waals surface area contributed by atoms with Gasteiger partial charge in [-0.05, 0) is 85.8 Å². The number of nitrogens with two attached hydrogens (primary N) is 1. The quantitative estimate of drug-likeness (QED) is 0.321. The summed E-state index contributed by atoms with van der Waals surface area (Å²) in [6.45, 7) is 4.11. The molecule has 3 aromatic rings. The Bertz CT molecular complexity index is 1590. The van der Waals surface area contributed by atoms with Crippen molar-refractivity contribution in [2.24, 2.45) is 5.73 Å². The first-order chi connectivity index (χ1) is 18.7. The lowest BCUT2D eigenvalue weighted by Crippen LogP contribution is -2.39. The van der Waals surface area contributed by atoms with Gasteiger partial charge < -0.3 is 10.5 Å². The van der Waals surface area contributed by atoms with Crippen LogP contribution in [0.15, 0.2) is 81.7 Å². The van der Waals surface area contributed by atoms with Gasteiger partial charge in [-0.15, -0.1) is 0 Å². The molecule has 3 aromatic carbocycles. The van der Waals surface area contributed by atoms with Crippen LogP contribution in [-0.2, 0) is 11.4 Å². The van der Waals surface area contributed by atoms with Crippen LogP contribution in [0.4, 0.5) is 10.1 Å². The molecular formula is C31H26BrClFN3O2. The van der Waals surface area contributed by atoms with Gasteiger partial charge in [0.05, 0.1) is 22.6 Å². The Morgan fingerprint density at radius 2 is 1.90 bits per heavy atom. The molecule has 8 heteroatoms. The van der Waals surface area contributed by atoms with E-state index >= 15 is 0 Å². The number of aryl methyl sites for hydroxylation is 1. The minimum absolute atomic E-state index is 0.0282. The van der Waals surface area contributed by atoms with Crippen molar-refractivity contribution in [1.29, 1.82) is 5.26 Å². The van der Waals surface area contributed by atoms with Crippen molar-refractivity contribution in [3.63, 3.8) is 0 Å². The lowest BCUT2D eigenvalue weighted by atomic mass is 9.73. The van der Waals surface area contributed by atoms with Crippen molar-refractivity contribution in [3.05, 3.63) is 115 Å². The molecule has 0 saturated heterocycles. The molecule has 1 atom stereocenters. The molecule has 1 unspecified atom stereocenters. The molecule has 0 radical (unpaired) electrons. The van der Waals surface area contributed by atoms with E-state index in [1.54, 1.807) is 0 Å². The Kier molecular flexibility index (Phi) is 7.53. The number of nitrogens with zero attached hydrogens (tertiary/aromatic N) is 2. The first kappa shape index (κ1) is 27.0. The number of hydrogen-bond acceptors (Lipinski definition) is 5. The topological polar surface area (TPSA) is 79.3 Å². The summed E-state index contributed by atoms with van der Waals surface area (Å²) in [6, 6.07) is 18.0. The summed E-state index contributed by atoms with van der Waals surface area (Å²) >= 11 is 9.64. The summed E-state index contributed by atoms with van der Waals surface area (Å²) in [5.74, 6) is -0.295. The summed E-state index contributed by atoms with van der Waals surface area (Å²) in [6.07, 6.45) is 1.82. The maximum atomic E-state index is 13.5. The third kappa shape index (κ3) is 5.07. The number of carbonyl (C=O) groups is 1. The van der Waals surface area contributed by atoms with E-state index < -0.39 is 11.7 Å². The molecular weight excluding hydrogens is 581 g/mol. The smallest absolute Gasteiger partial charge is 0.161 e. The second kappa shape index (κ2) is 10.9. The van der Waals surface area contributed by atoms with Crippen LogP contribution in [0, 0.1) is 31.0 Å². The van der Waals surface area contributed by atoms with Gasteiger partial charge in [-0.2, -0.15) is 5.26 Å². The van der Waals surface area contributed by atoms with E-state index in [2.05, 4.69) is 22.0 Å². The van der Waals surface area contributed by atoms with Crippen molar-refractivity contribution < 1.29 is 13.9 Å². The van der Waals surface area contributed by atoms with Gasteiger partial charge in [-0.25, -0.2) is 4.39 Å². The van der Waals surface area contributed by atoms with Crippen LogP contribution >= 0.6 is 27.5 Å². The molecule has 0 spiro atoms. The number of hydrogen-bond donors (Lipinski definition) is 1. The van der Waals surface area contributed by atoms with Crippen LogP contribution in [0.3, 0.4) is 0 Å². The zero-order valence-corrected chi connectivity index (χ0v) is 23.9. The minimum atomic E-state index is -0.586. The summed E-state index contributed by atoms with van der Waals surface area (Å²) in [5.41, 5.74) is 12.9. The van der Waals surface area contributed by atoms with Crippen molar-refractivity contribution in [2.45, 2.75) is 45.6 Å². The monoisotopic (exact) mass is 605 g/mol. The van der Waals surface area contributed by atoms with Gasteiger partial charge in [-0.3, -0.25) is 9.69 Å². The predicted octanol–water partition coefficient (Wildman–Crippen LogP) is 7.74. The molecule has 1 heterocycles. The first-order valence-electron chi connectivity index (χ1n) is 12.6. The van der Waals surface area contributed by atoms with Crippen LogP contribution in [0.25, 0.3) is 0 Å². The highest BCUT2D eigenvalue weighted by Crippen LogP contribution is 2.47. The van der Waals surface area contributed by atoms with Gasteiger partial charge in [0.25, 0.3) is 0 Å². The Hall–Kier alpha value is -3.60. The van der Waals surface area contributed by atoms with Crippen molar-refractivity contribution >= 4 is 39.0 Å². The van der Waals surface area contributed by atoms with Crippen molar-refractivity contribution in [2.75, 3.05) is 4.90 Å². The first-order valence-corrected chi connectivity index (χ1v) is 13.8. The molecule has 0 aromatic heterocycles. The average Bonchev–Trinajstić information content (AvgIpc) is 2.90. The highest BCUT2D eigenvalue weighted by atomic mass is 79.9. The zero-order chi connectivity index (χ0) is 27.8. The van der Waals surface area contributed by atoms with Crippen LogP contribution in [0.1, 0.15) is 47.4 Å². The molecule has 5 rings (SSSR count). The molecule has 0 amide bonds. The Morgan fingerprint density at radius 1 is 1.15 bits per heavy atom. The maximum absolute atomic E-state index is 13.5. The molecule has 0 bridgehead atoms. The highest BCUT2D eigenvalue weighted by Gasteiger charge is 2.41. The van der Waals surface area contributed by atoms with Crippen molar-refractivity contribution in [3.8, 4) is 11.8 Å². The van der Waals surface area contributed by atoms with E-state index in [0.29, 0.717) is 35.6 Å². The summed E-state index contributed by atoms with van der Waals surface area (Å²) < 4.78 is 20.4. The number of carbonyl (C=O) groups excluding carboxylic acids is 1. The fourth-order valence-corrected chi connectivity index (χ4v) is 5.93. The number of rotatable bonds is 5. The maximum Gasteiger partial charge on any atom is 0.161 e. The molecule has 198 valence electrons. The summed E-state index contributed by atoms with van der Waals surface area (Å²) in [4.78, 5) is 15.4. The standard InChI is InChI=1S/C31H26BrClFN3O2/c1-17-12-19(16-39-28-11-8-21(34)14-25(28)33)18(2)23(13-17)29-24(15-35)31(36)37(22-9-6-20(32)7-10-22)26-4-3-5-27(38)30(26)29/h6-14,29H,3-5,16,36H2,1-2H3. The number of benzene rings is 3. The molecule has 2 aliphatic rings. The molecule has 39 heavy (non-hydrogen) atoms. The lowest BCUT2D eigenvalue weighted by molar-refractivity contribution is -0.116. The second-order valence-electron chi connectivity index (χ2n) is 9.79. The average molecular weight is 607 g/mol. The Balaban J connectivity index is 1.62. The van der Waals surface area contributed by atoms with Gasteiger partial charge in [0.1, 0.15) is 24.0 Å². The number of anilines is 1. The number of nitriles is 1. The third-order valence-corrected chi connectivity index (χ3v) is 8.11. The molecule has 1 aliphatic heterocycles. The fraction of sp³-hybridized carbons (Fsp3) is 0.226. The van der Waals surface area contributed by atoms with Gasteiger partial charge in [0, 0.05) is 27.9 Å². The molecule has 5 nitrogen and oxygen atoms in total. The van der Waals surface area contributed by atoms with Crippen LogP contribution in [0.5, 0.6) is 5.75 Å². The lowest BCUT2D eigenvalue weighted by Gasteiger charge is -2.40. The fourth-order valence-electron chi connectivity index (χ4n) is 5.44. The molecule has 0 saturated carbocycles. The van der Waals surface area contributed by atoms with Gasteiger partial charge in [0.2, 0.25) is 0 Å². The summed E-state index contributed by atoms with van der Waals surface area (Å²) in [5, 5.41) is 10.6. The number of ether oxygens (including phenoxy) is 1. The van der Waals surface area contributed by atoms with E-state index in [-0.39, 0.29) is 17.4 Å². The van der Waals surface area contributed by atoms with E-state index in [4.69, 9.17) is 22.1 Å². The summed E-state index contributed by atoms with van der Waals surface area (Å²) in [7, 11) is 0. The van der Waals surface area contributed by atoms with Crippen LogP contribution in [0.2, 0.25) is 5.02 Å². The van der Waals surface area contributed by atoms with E-state index in [9.17, 15) is 14.4 Å². The van der Waals surface area contributed by atoms with Crippen molar-refractivity contribution in [1.82, 2.24) is 0 Å². The van der Waals surface area contributed by atoms with Gasteiger partial charge in [-0.1, -0.05) is 45.2 Å². The highest BCUT2D eigenvalue weighted by molar-refractivity contribution is 9.10. The minimum Gasteiger partial charge on any atom is -0.487 e. The number of Topliss-reactive ketones (excluding diaryl/α,β-unsaturated/α-hetero) is 1. The predicted molar refractivity (Wildman–Crippen MR) is 154 cm³/mol. The molecule has 2 N–H and O–H groups in total. The SMILES string of the molecule is Cc1cc(COc2ccc(F)cc2Cl)c(C)c(C2C(C#N)=C(N)N(c3ccc(Br)cc3)C3=C2C(=O)CCC3)c1. The van der Waals surface area contributed by atoms with Gasteiger partial charge >= 0.3 is 0 Å². The third-order valence-electron chi connectivity index (χ3n) is 7.29. The van der Waals surface area contributed by atoms with E-state index in [1.165, 1.54) is 18.2 Å². The van der Waals surface area contributed by atoms with Crippen LogP contribution < -0.4 is 15.4 Å². The molecule has 1 aliphatic carbocycles. The number of allylic oxidation sites excluding steroid dienone is 3.